The summed E-state index contributed by atoms with van der Waals surface area (Å²) in [6, 6.07) is 27.8. The van der Waals surface area contributed by atoms with Crippen LogP contribution in [0.2, 0.25) is 0 Å². The summed E-state index contributed by atoms with van der Waals surface area (Å²) >= 11 is 0. The summed E-state index contributed by atoms with van der Waals surface area (Å²) in [4.78, 5) is 30.4. The number of amides is 1. The van der Waals surface area contributed by atoms with Gasteiger partial charge in [0.2, 0.25) is 6.35 Å². The van der Waals surface area contributed by atoms with Gasteiger partial charge < -0.3 is 10.4 Å². The van der Waals surface area contributed by atoms with Crippen molar-refractivity contribution in [3.63, 3.8) is 0 Å². The van der Waals surface area contributed by atoms with Gasteiger partial charge in [-0.1, -0.05) is 68.4 Å². The molecule has 0 saturated heterocycles. The highest BCUT2D eigenvalue weighted by Gasteiger charge is 2.42. The van der Waals surface area contributed by atoms with Gasteiger partial charge in [-0.25, -0.2) is 0 Å². The monoisotopic (exact) mass is 508 g/mol. The molecule has 0 aliphatic carbocycles. The van der Waals surface area contributed by atoms with Crippen LogP contribution in [-0.4, -0.2) is 21.9 Å². The Hall–Kier alpha value is -4.36. The number of rotatable bonds is 7. The summed E-state index contributed by atoms with van der Waals surface area (Å²) in [5.74, 6) is 0.473. The van der Waals surface area contributed by atoms with Crippen LogP contribution in [-0.2, 0) is 13.5 Å². The van der Waals surface area contributed by atoms with Crippen LogP contribution in [0.1, 0.15) is 36.2 Å². The number of hydrogen-bond donors (Lipinski definition) is 2. The molecule has 1 aliphatic rings. The maximum atomic E-state index is 14.2. The van der Waals surface area contributed by atoms with Crippen molar-refractivity contribution in [2.45, 2.75) is 33.0 Å². The highest BCUT2D eigenvalue weighted by Crippen LogP contribution is 2.41. The number of anilines is 5. The van der Waals surface area contributed by atoms with Crippen LogP contribution in [0.5, 0.6) is 0 Å². The zero-order chi connectivity index (χ0) is 26.8. The third-order valence-corrected chi connectivity index (χ3v) is 6.88. The minimum Gasteiger partial charge on any atom is -0.356 e. The molecule has 1 amide bonds. The minimum absolute atomic E-state index is 0.292. The third kappa shape index (κ3) is 4.68. The number of benzene rings is 3. The Morgan fingerprint density at radius 2 is 1.39 bits per heavy atom. The molecule has 0 spiro atoms. The summed E-state index contributed by atoms with van der Waals surface area (Å²) < 4.78 is 1.42. The molecule has 7 nitrogen and oxygen atoms in total. The van der Waals surface area contributed by atoms with Gasteiger partial charge in [0.25, 0.3) is 11.5 Å². The summed E-state index contributed by atoms with van der Waals surface area (Å²) in [5, 5.41) is 15.0. The zero-order valence-corrected chi connectivity index (χ0v) is 21.8. The number of aryl methyl sites for hydroxylation is 1. The first-order chi connectivity index (χ1) is 18.4. The number of fused-ring (bicyclic) bond motifs is 1. The van der Waals surface area contributed by atoms with E-state index in [1.54, 1.807) is 24.1 Å². The van der Waals surface area contributed by atoms with Crippen LogP contribution in [0, 0.1) is 5.92 Å². The van der Waals surface area contributed by atoms with Gasteiger partial charge in [0.05, 0.1) is 5.69 Å². The van der Waals surface area contributed by atoms with E-state index in [1.807, 2.05) is 66.7 Å². The van der Waals surface area contributed by atoms with Crippen molar-refractivity contribution in [2.75, 3.05) is 15.1 Å². The molecule has 3 aromatic carbocycles. The van der Waals surface area contributed by atoms with E-state index in [9.17, 15) is 14.7 Å². The molecule has 194 valence electrons. The number of nitrogens with one attached hydrogen (secondary N) is 1. The number of para-hydroxylation sites is 3. The van der Waals surface area contributed by atoms with Crippen LogP contribution in [0.25, 0.3) is 0 Å². The number of aromatic nitrogens is 1. The lowest BCUT2D eigenvalue weighted by atomic mass is 10.0. The topological polar surface area (TPSA) is 77.8 Å². The van der Waals surface area contributed by atoms with Crippen molar-refractivity contribution in [1.29, 1.82) is 0 Å². The van der Waals surface area contributed by atoms with Crippen molar-refractivity contribution in [3.05, 3.63) is 112 Å². The van der Waals surface area contributed by atoms with Gasteiger partial charge in [-0.05, 0) is 54.7 Å². The van der Waals surface area contributed by atoms with Crippen LogP contribution >= 0.6 is 0 Å². The summed E-state index contributed by atoms with van der Waals surface area (Å²) in [6.07, 6.45) is 0.522. The Kier molecular flexibility index (Phi) is 7.03. The standard InChI is InChI=1S/C31H32N4O3/c1-21(2)18-19-22-12-10-11-17-25(22)32-26-20-27(36)33(3)29-28(26)30(37)35(24-15-8-5-9-16-24)31(38)34(29)23-13-6-4-7-14-23/h4-17,20-21,31-32,38H,18-19H2,1-3H3. The number of nitrogens with zero attached hydrogens (tertiary/aromatic N) is 3. The number of aliphatic hydroxyl groups excluding tert-OH is 1. The lowest BCUT2D eigenvalue weighted by molar-refractivity contribution is 0.0872. The number of pyridine rings is 1. The lowest BCUT2D eigenvalue weighted by Crippen LogP contribution is -2.55. The molecule has 1 atom stereocenters. The number of carbonyl (C=O) groups excluding carboxylic acids is 1. The molecule has 1 aliphatic heterocycles. The van der Waals surface area contributed by atoms with Gasteiger partial charge in [0.15, 0.2) is 0 Å². The number of hydrogen-bond acceptors (Lipinski definition) is 5. The molecule has 0 bridgehead atoms. The van der Waals surface area contributed by atoms with Crippen LogP contribution in [0.3, 0.4) is 0 Å². The van der Waals surface area contributed by atoms with Gasteiger partial charge in [-0.15, -0.1) is 0 Å². The SMILES string of the molecule is CC(C)CCc1ccccc1Nc1cc(=O)n(C)c2c1C(=O)N(c1ccccc1)C(O)N2c1ccccc1. The Balaban J connectivity index is 1.71. The lowest BCUT2D eigenvalue weighted by Gasteiger charge is -2.43. The Labute approximate surface area is 222 Å². The quantitative estimate of drug-likeness (QED) is 0.330. The third-order valence-electron chi connectivity index (χ3n) is 6.88. The molecule has 0 radical (unpaired) electrons. The molecule has 7 heteroatoms. The van der Waals surface area contributed by atoms with E-state index in [0.717, 1.165) is 24.1 Å². The van der Waals surface area contributed by atoms with E-state index in [0.29, 0.717) is 34.4 Å². The summed E-state index contributed by atoms with van der Waals surface area (Å²) in [5.41, 5.74) is 3.58. The highest BCUT2D eigenvalue weighted by atomic mass is 16.3. The first kappa shape index (κ1) is 25.3. The van der Waals surface area contributed by atoms with Gasteiger partial charge >= 0.3 is 0 Å². The smallest absolute Gasteiger partial charge is 0.267 e. The van der Waals surface area contributed by atoms with Crippen LogP contribution in [0.4, 0.5) is 28.6 Å². The molecule has 0 saturated carbocycles. The molecule has 5 rings (SSSR count). The molecule has 2 N–H and O–H groups in total. The molecule has 4 aromatic rings. The Bertz CT molecular complexity index is 1500. The maximum absolute atomic E-state index is 14.2. The molecular formula is C31H32N4O3. The molecule has 2 heterocycles. The van der Waals surface area contributed by atoms with Gasteiger partial charge in [-0.2, -0.15) is 0 Å². The summed E-state index contributed by atoms with van der Waals surface area (Å²) in [7, 11) is 1.62. The molecule has 38 heavy (non-hydrogen) atoms. The second kappa shape index (κ2) is 10.6. The molecule has 1 unspecified atom stereocenters. The normalized spacial score (nSPS) is 15.1. The predicted octanol–water partition coefficient (Wildman–Crippen LogP) is 5.79. The Morgan fingerprint density at radius 3 is 2.03 bits per heavy atom. The number of carbonyl (C=O) groups is 1. The van der Waals surface area contributed by atoms with Crippen molar-refractivity contribution in [2.24, 2.45) is 13.0 Å². The highest BCUT2D eigenvalue weighted by molar-refractivity contribution is 6.16. The molecule has 1 aromatic heterocycles. The molecule has 0 fully saturated rings. The second-order valence-electron chi connectivity index (χ2n) is 9.93. The average Bonchev–Trinajstić information content (AvgIpc) is 2.92. The van der Waals surface area contributed by atoms with E-state index >= 15 is 0 Å². The Morgan fingerprint density at radius 1 is 0.816 bits per heavy atom. The van der Waals surface area contributed by atoms with E-state index in [-0.39, 0.29) is 5.56 Å². The average molecular weight is 509 g/mol. The van der Waals surface area contributed by atoms with Crippen molar-refractivity contribution < 1.29 is 9.90 Å². The van der Waals surface area contributed by atoms with E-state index in [1.165, 1.54) is 15.5 Å². The zero-order valence-electron chi connectivity index (χ0n) is 21.8. The van der Waals surface area contributed by atoms with Gasteiger partial charge in [-0.3, -0.25) is 24.0 Å². The van der Waals surface area contributed by atoms with Crippen molar-refractivity contribution >= 4 is 34.5 Å². The van der Waals surface area contributed by atoms with E-state index < -0.39 is 12.3 Å². The molecular weight excluding hydrogens is 476 g/mol. The van der Waals surface area contributed by atoms with Crippen molar-refractivity contribution in [3.8, 4) is 0 Å². The van der Waals surface area contributed by atoms with E-state index in [4.69, 9.17) is 0 Å². The maximum Gasteiger partial charge on any atom is 0.267 e. The van der Waals surface area contributed by atoms with E-state index in [2.05, 4.69) is 25.2 Å². The fourth-order valence-corrected chi connectivity index (χ4v) is 4.86. The first-order valence-corrected chi connectivity index (χ1v) is 12.9. The van der Waals surface area contributed by atoms with Crippen LogP contribution in [0.15, 0.2) is 95.8 Å². The van der Waals surface area contributed by atoms with Gasteiger partial charge in [0, 0.05) is 30.2 Å². The number of aliphatic hydroxyl groups is 1. The largest absolute Gasteiger partial charge is 0.356 e. The first-order valence-electron chi connectivity index (χ1n) is 12.9. The fraction of sp³-hybridized carbons (Fsp3) is 0.226. The second-order valence-corrected chi connectivity index (χ2v) is 9.93. The predicted molar refractivity (Wildman–Crippen MR) is 152 cm³/mol. The fourth-order valence-electron chi connectivity index (χ4n) is 4.86. The van der Waals surface area contributed by atoms with Crippen LogP contribution < -0.4 is 20.7 Å². The minimum atomic E-state index is -1.36. The van der Waals surface area contributed by atoms with Gasteiger partial charge in [0.1, 0.15) is 11.4 Å². The van der Waals surface area contributed by atoms with Crippen molar-refractivity contribution in [1.82, 2.24) is 4.57 Å². The summed E-state index contributed by atoms with van der Waals surface area (Å²) in [6.45, 7) is 4.38.